The number of hydrogen-bond donors (Lipinski definition) is 5. The second-order valence-corrected chi connectivity index (χ2v) is 7.61. The molecule has 0 atom stereocenters. The molecule has 1 heterocycles. The average Bonchev–Trinajstić information content (AvgIpc) is 2.81. The van der Waals surface area contributed by atoms with Crippen LogP contribution < -0.4 is 25.3 Å². The summed E-state index contributed by atoms with van der Waals surface area (Å²) in [5, 5.41) is 29.2. The van der Waals surface area contributed by atoms with Gasteiger partial charge in [-0.25, -0.2) is 4.39 Å². The molecule has 0 bridgehead atoms. The van der Waals surface area contributed by atoms with Crippen molar-refractivity contribution >= 4 is 17.5 Å². The van der Waals surface area contributed by atoms with E-state index in [1.54, 1.807) is 0 Å². The van der Waals surface area contributed by atoms with Gasteiger partial charge in [-0.1, -0.05) is 0 Å². The fourth-order valence-electron chi connectivity index (χ4n) is 3.04. The monoisotopic (exact) mass is 599 g/mol. The predicted molar refractivity (Wildman–Crippen MR) is 115 cm³/mol. The summed E-state index contributed by atoms with van der Waals surface area (Å²) >= 11 is 0. The molecule has 0 aliphatic heterocycles. The number of nitrogens with one attached hydrogen (secondary N) is 1. The van der Waals surface area contributed by atoms with E-state index in [2.05, 4.69) is 14.5 Å². The second-order valence-electron chi connectivity index (χ2n) is 7.61. The van der Waals surface area contributed by atoms with E-state index in [4.69, 9.17) is 25.8 Å². The third-order valence-corrected chi connectivity index (χ3v) is 4.59. The second kappa shape index (κ2) is 11.0. The Hall–Kier alpha value is -4.75. The zero-order chi connectivity index (χ0) is 30.9. The van der Waals surface area contributed by atoms with Crippen molar-refractivity contribution in [3.8, 4) is 23.0 Å². The van der Waals surface area contributed by atoms with Crippen molar-refractivity contribution in [3.05, 3.63) is 71.1 Å². The SMILES string of the molecule is NC(=O)c1cc(NC(=O)c2c(F)cc(C(F)(F)F)cc2Oc2ccc(OC(F)(F)F)c(F)c2OC(O)(O)O)ccn1. The minimum absolute atomic E-state index is 0.0330. The molecular weight excluding hydrogens is 586 g/mol. The maximum atomic E-state index is 14.9. The van der Waals surface area contributed by atoms with Crippen LogP contribution in [0.1, 0.15) is 26.4 Å². The van der Waals surface area contributed by atoms with Gasteiger partial charge in [-0.3, -0.25) is 14.6 Å². The third kappa shape index (κ3) is 7.90. The molecule has 11 nitrogen and oxygen atoms in total. The van der Waals surface area contributed by atoms with E-state index in [9.17, 15) is 44.7 Å². The van der Waals surface area contributed by atoms with Crippen molar-refractivity contribution in [2.45, 2.75) is 18.7 Å². The Morgan fingerprint density at radius 3 is 2.07 bits per heavy atom. The summed E-state index contributed by atoms with van der Waals surface area (Å²) in [5.41, 5.74) is 1.35. The number of halogens is 8. The molecule has 0 saturated heterocycles. The first-order valence-electron chi connectivity index (χ1n) is 10.4. The lowest BCUT2D eigenvalue weighted by Gasteiger charge is -2.21. The number of aliphatic hydroxyl groups is 3. The van der Waals surface area contributed by atoms with Crippen LogP contribution >= 0.6 is 0 Å². The number of carbonyl (C=O) groups excluding carboxylic acids is 2. The van der Waals surface area contributed by atoms with E-state index in [0.29, 0.717) is 6.07 Å². The number of primary amides is 1. The molecule has 0 aliphatic rings. The molecule has 1 aromatic heterocycles. The Morgan fingerprint density at radius 1 is 0.878 bits per heavy atom. The Bertz CT molecular complexity index is 1490. The van der Waals surface area contributed by atoms with E-state index in [-0.39, 0.29) is 29.6 Å². The van der Waals surface area contributed by atoms with Gasteiger partial charge in [-0.2, -0.15) is 17.6 Å². The molecule has 6 N–H and O–H groups in total. The van der Waals surface area contributed by atoms with Crippen molar-refractivity contribution in [2.75, 3.05) is 5.32 Å². The Kier molecular flexibility index (Phi) is 8.28. The van der Waals surface area contributed by atoms with Crippen LogP contribution in [0.4, 0.5) is 40.8 Å². The van der Waals surface area contributed by atoms with E-state index < -0.39 is 76.3 Å². The number of carbonyl (C=O) groups is 2. The third-order valence-electron chi connectivity index (χ3n) is 4.59. The first kappa shape index (κ1) is 30.8. The number of nitrogens with two attached hydrogens (primary N) is 1. The number of amides is 2. The number of hydrogen-bond acceptors (Lipinski definition) is 9. The Morgan fingerprint density at radius 2 is 1.51 bits per heavy atom. The van der Waals surface area contributed by atoms with Crippen LogP contribution in [-0.2, 0) is 6.18 Å². The quantitative estimate of drug-likeness (QED) is 0.192. The van der Waals surface area contributed by atoms with Gasteiger partial charge in [0.2, 0.25) is 11.6 Å². The smallest absolute Gasteiger partial charge is 0.452 e. The van der Waals surface area contributed by atoms with Gasteiger partial charge in [-0.15, -0.1) is 13.2 Å². The number of ether oxygens (including phenoxy) is 3. The number of anilines is 1. The van der Waals surface area contributed by atoms with Gasteiger partial charge in [-0.05, 0) is 36.4 Å². The maximum Gasteiger partial charge on any atom is 0.573 e. The van der Waals surface area contributed by atoms with Gasteiger partial charge < -0.3 is 40.6 Å². The zero-order valence-corrected chi connectivity index (χ0v) is 19.5. The summed E-state index contributed by atoms with van der Waals surface area (Å²) in [5.74, 6) is -12.8. The first-order chi connectivity index (χ1) is 18.7. The van der Waals surface area contributed by atoms with Gasteiger partial charge in [0, 0.05) is 11.9 Å². The Balaban J connectivity index is 2.16. The van der Waals surface area contributed by atoms with E-state index in [1.807, 2.05) is 5.32 Å². The molecular formula is C22H13F8N3O8. The summed E-state index contributed by atoms with van der Waals surface area (Å²) in [4.78, 5) is 27.7. The van der Waals surface area contributed by atoms with Gasteiger partial charge >= 0.3 is 18.7 Å². The molecule has 0 spiro atoms. The standard InChI is InChI=1S/C22H13F8N3O8/c23-10-5-8(20(25,26)27)6-14(15(10)19(35)33-9-3-4-32-11(7-9)18(31)34)39-13-2-1-12(40-21(28,29)30)16(24)17(13)41-22(36,37)38/h1-7,36-38H,(H2,31,34)(H,32,33,35). The molecule has 0 unspecified atom stereocenters. The van der Waals surface area contributed by atoms with Crippen LogP contribution in [0.3, 0.4) is 0 Å². The molecule has 19 heteroatoms. The fourth-order valence-corrected chi connectivity index (χ4v) is 3.04. The Labute approximate surface area is 221 Å². The number of alkyl halides is 6. The van der Waals surface area contributed by atoms with Gasteiger partial charge in [0.15, 0.2) is 11.5 Å². The van der Waals surface area contributed by atoms with Crippen LogP contribution in [0.5, 0.6) is 23.0 Å². The highest BCUT2D eigenvalue weighted by atomic mass is 19.4. The fraction of sp³-hybridized carbons (Fsp3) is 0.136. The van der Waals surface area contributed by atoms with Gasteiger partial charge in [0.1, 0.15) is 22.8 Å². The number of rotatable bonds is 8. The number of aromatic nitrogens is 1. The molecule has 220 valence electrons. The molecule has 41 heavy (non-hydrogen) atoms. The lowest BCUT2D eigenvalue weighted by molar-refractivity contribution is -0.420. The maximum absolute atomic E-state index is 14.9. The van der Waals surface area contributed by atoms with Crippen molar-refractivity contribution in [1.29, 1.82) is 0 Å². The van der Waals surface area contributed by atoms with Crippen molar-refractivity contribution in [3.63, 3.8) is 0 Å². The van der Waals surface area contributed by atoms with Crippen LogP contribution in [0.25, 0.3) is 0 Å². The highest BCUT2D eigenvalue weighted by Gasteiger charge is 2.37. The molecule has 0 aliphatic carbocycles. The average molecular weight is 599 g/mol. The molecule has 0 saturated carbocycles. The largest absolute Gasteiger partial charge is 0.573 e. The number of nitrogens with zero attached hydrogens (tertiary/aromatic N) is 1. The van der Waals surface area contributed by atoms with E-state index in [0.717, 1.165) is 18.3 Å². The van der Waals surface area contributed by atoms with Gasteiger partial charge in [0.25, 0.3) is 11.8 Å². The van der Waals surface area contributed by atoms with Crippen LogP contribution in [0, 0.1) is 11.6 Å². The molecule has 2 aromatic carbocycles. The lowest BCUT2D eigenvalue weighted by Crippen LogP contribution is -2.35. The predicted octanol–water partition coefficient (Wildman–Crippen LogP) is 3.39. The summed E-state index contributed by atoms with van der Waals surface area (Å²) in [6.45, 7) is 0. The zero-order valence-electron chi connectivity index (χ0n) is 19.5. The van der Waals surface area contributed by atoms with E-state index >= 15 is 0 Å². The summed E-state index contributed by atoms with van der Waals surface area (Å²) in [6, 6.07) is 2.41. The molecule has 0 radical (unpaired) electrons. The molecule has 3 rings (SSSR count). The van der Waals surface area contributed by atoms with Crippen molar-refractivity contribution < 1.29 is 74.2 Å². The molecule has 3 aromatic rings. The number of benzene rings is 2. The summed E-state index contributed by atoms with van der Waals surface area (Å²) < 4.78 is 120. The van der Waals surface area contributed by atoms with E-state index in [1.165, 1.54) is 0 Å². The lowest BCUT2D eigenvalue weighted by atomic mass is 10.1. The molecule has 0 fully saturated rings. The minimum atomic E-state index is -5.51. The van der Waals surface area contributed by atoms with Crippen molar-refractivity contribution in [2.24, 2.45) is 5.73 Å². The van der Waals surface area contributed by atoms with Crippen LogP contribution in [-0.4, -0.2) is 44.6 Å². The molecule has 2 amide bonds. The summed E-state index contributed by atoms with van der Waals surface area (Å²) in [7, 11) is 0. The highest BCUT2D eigenvalue weighted by molar-refractivity contribution is 6.07. The minimum Gasteiger partial charge on any atom is -0.452 e. The van der Waals surface area contributed by atoms with Crippen LogP contribution in [0.15, 0.2) is 42.6 Å². The van der Waals surface area contributed by atoms with Gasteiger partial charge in [0.05, 0.1) is 5.56 Å². The topological polar surface area (TPSA) is 173 Å². The van der Waals surface area contributed by atoms with Crippen molar-refractivity contribution in [1.82, 2.24) is 4.98 Å². The highest BCUT2D eigenvalue weighted by Crippen LogP contribution is 2.43. The normalized spacial score (nSPS) is 12.1. The summed E-state index contributed by atoms with van der Waals surface area (Å²) in [6.07, 6.45) is -14.1. The number of pyridine rings is 1. The van der Waals surface area contributed by atoms with Crippen LogP contribution in [0.2, 0.25) is 0 Å². The first-order valence-corrected chi connectivity index (χ1v) is 10.4.